The van der Waals surface area contributed by atoms with Crippen LogP contribution in [0.2, 0.25) is 0 Å². The van der Waals surface area contributed by atoms with Gasteiger partial charge in [0.25, 0.3) is 0 Å². The fraction of sp³-hybridized carbons (Fsp3) is 0.867. The van der Waals surface area contributed by atoms with Crippen LogP contribution in [0.3, 0.4) is 0 Å². The monoisotopic (exact) mass is 374 g/mol. The van der Waals surface area contributed by atoms with Gasteiger partial charge in [-0.1, -0.05) is 13.8 Å². The van der Waals surface area contributed by atoms with E-state index in [1.807, 2.05) is 27.7 Å². The zero-order valence-corrected chi connectivity index (χ0v) is 14.8. The first-order valence-electron chi connectivity index (χ1n) is 7.67. The molecular weight excluding hydrogens is 349 g/mol. The highest BCUT2D eigenvalue weighted by Crippen LogP contribution is 2.17. The summed E-state index contributed by atoms with van der Waals surface area (Å²) in [5, 5.41) is 0. The van der Waals surface area contributed by atoms with E-state index in [0.29, 0.717) is 6.61 Å². The molecule has 7 nitrogen and oxygen atoms in total. The van der Waals surface area contributed by atoms with Crippen molar-refractivity contribution in [3.63, 3.8) is 0 Å². The maximum Gasteiger partial charge on any atom is 0.508 e. The van der Waals surface area contributed by atoms with Crippen LogP contribution < -0.4 is 0 Å². The van der Waals surface area contributed by atoms with Crippen LogP contribution in [0.25, 0.3) is 0 Å². The number of carbonyl (C=O) groups excluding carboxylic acids is 2. The lowest BCUT2D eigenvalue weighted by atomic mass is 9.96. The van der Waals surface area contributed by atoms with E-state index in [1.165, 1.54) is 0 Å². The highest BCUT2D eigenvalue weighted by Gasteiger charge is 2.40. The minimum absolute atomic E-state index is 0.0683. The molecule has 0 saturated carbocycles. The van der Waals surface area contributed by atoms with Crippen LogP contribution in [0.1, 0.15) is 27.7 Å². The first-order chi connectivity index (χ1) is 11.4. The van der Waals surface area contributed by atoms with Crippen LogP contribution in [-0.4, -0.2) is 64.0 Å². The summed E-state index contributed by atoms with van der Waals surface area (Å²) in [6.45, 7) is 7.04. The standard InChI is InChI=1S/C15H25F3O7/c1-11(2)24-9-14(3,4)10-25-13(20)23-8-6-21-5-7-22-12(19)15(16,17)18/h11H,5-10H2,1-4H3. The van der Waals surface area contributed by atoms with Gasteiger partial charge in [-0.05, 0) is 13.8 Å². The van der Waals surface area contributed by atoms with Gasteiger partial charge in [0.2, 0.25) is 0 Å². The molecule has 0 aromatic carbocycles. The molecule has 0 aromatic heterocycles. The molecular formula is C15H25F3O7. The van der Waals surface area contributed by atoms with E-state index in [0.717, 1.165) is 0 Å². The highest BCUT2D eigenvalue weighted by molar-refractivity contribution is 5.75. The van der Waals surface area contributed by atoms with Gasteiger partial charge >= 0.3 is 18.3 Å². The number of hydrogen-bond donors (Lipinski definition) is 0. The fourth-order valence-corrected chi connectivity index (χ4v) is 1.29. The zero-order chi connectivity index (χ0) is 19.5. The molecule has 0 unspecified atom stereocenters. The lowest BCUT2D eigenvalue weighted by Crippen LogP contribution is -2.29. The average Bonchev–Trinajstić information content (AvgIpc) is 2.49. The second-order valence-electron chi connectivity index (χ2n) is 6.16. The van der Waals surface area contributed by atoms with Crippen LogP contribution in [0.15, 0.2) is 0 Å². The van der Waals surface area contributed by atoms with Crippen molar-refractivity contribution in [3.8, 4) is 0 Å². The van der Waals surface area contributed by atoms with Gasteiger partial charge in [0.15, 0.2) is 0 Å². The average molecular weight is 374 g/mol. The van der Waals surface area contributed by atoms with E-state index in [2.05, 4.69) is 4.74 Å². The minimum Gasteiger partial charge on any atom is -0.457 e. The quantitative estimate of drug-likeness (QED) is 0.406. The lowest BCUT2D eigenvalue weighted by molar-refractivity contribution is -0.200. The van der Waals surface area contributed by atoms with E-state index in [-0.39, 0.29) is 37.9 Å². The molecule has 10 heteroatoms. The number of alkyl halides is 3. The van der Waals surface area contributed by atoms with Crippen molar-refractivity contribution in [2.24, 2.45) is 5.41 Å². The van der Waals surface area contributed by atoms with Gasteiger partial charge in [0.1, 0.15) is 19.8 Å². The number of esters is 1. The Kier molecular flexibility index (Phi) is 10.4. The molecule has 0 atom stereocenters. The molecule has 0 fully saturated rings. The maximum atomic E-state index is 11.8. The maximum absolute atomic E-state index is 11.8. The van der Waals surface area contributed by atoms with Crippen molar-refractivity contribution in [1.82, 2.24) is 0 Å². The second-order valence-corrected chi connectivity index (χ2v) is 6.16. The number of halogens is 3. The summed E-state index contributed by atoms with van der Waals surface area (Å²) < 4.78 is 59.4. The van der Waals surface area contributed by atoms with E-state index in [4.69, 9.17) is 18.9 Å². The molecule has 148 valence electrons. The van der Waals surface area contributed by atoms with Crippen molar-refractivity contribution < 1.29 is 46.4 Å². The van der Waals surface area contributed by atoms with Gasteiger partial charge in [-0.15, -0.1) is 0 Å². The molecule has 0 spiro atoms. The number of ether oxygens (including phenoxy) is 5. The van der Waals surface area contributed by atoms with Gasteiger partial charge < -0.3 is 23.7 Å². The molecule has 0 aliphatic heterocycles. The van der Waals surface area contributed by atoms with Crippen molar-refractivity contribution in [2.75, 3.05) is 39.6 Å². The normalized spacial score (nSPS) is 12.2. The van der Waals surface area contributed by atoms with E-state index >= 15 is 0 Å². The Morgan fingerprint density at radius 3 is 1.96 bits per heavy atom. The predicted octanol–water partition coefficient (Wildman–Crippen LogP) is 2.71. The summed E-state index contributed by atoms with van der Waals surface area (Å²) in [5.41, 5.74) is -0.373. The third-order valence-corrected chi connectivity index (χ3v) is 2.53. The predicted molar refractivity (Wildman–Crippen MR) is 80.0 cm³/mol. The molecule has 0 bridgehead atoms. The summed E-state index contributed by atoms with van der Waals surface area (Å²) in [6, 6.07) is 0. The summed E-state index contributed by atoms with van der Waals surface area (Å²) in [6.07, 6.45) is -5.84. The van der Waals surface area contributed by atoms with Gasteiger partial charge in [-0.2, -0.15) is 13.2 Å². The number of hydrogen-bond acceptors (Lipinski definition) is 7. The topological polar surface area (TPSA) is 80.3 Å². The fourth-order valence-electron chi connectivity index (χ4n) is 1.29. The van der Waals surface area contributed by atoms with E-state index in [1.54, 1.807) is 0 Å². The number of rotatable bonds is 11. The summed E-state index contributed by atoms with van der Waals surface area (Å²) in [7, 11) is 0. The van der Waals surface area contributed by atoms with E-state index in [9.17, 15) is 22.8 Å². The van der Waals surface area contributed by atoms with Gasteiger partial charge in [0.05, 0.1) is 25.9 Å². The van der Waals surface area contributed by atoms with Crippen molar-refractivity contribution >= 4 is 12.1 Å². The molecule has 0 aliphatic carbocycles. The molecule has 0 heterocycles. The van der Waals surface area contributed by atoms with Gasteiger partial charge in [-0.3, -0.25) is 0 Å². The number of carbonyl (C=O) groups is 2. The first kappa shape index (κ1) is 23.4. The van der Waals surface area contributed by atoms with E-state index < -0.39 is 24.9 Å². The molecule has 0 N–H and O–H groups in total. The van der Waals surface area contributed by atoms with Crippen LogP contribution in [0.5, 0.6) is 0 Å². The van der Waals surface area contributed by atoms with Crippen LogP contribution >= 0.6 is 0 Å². The lowest BCUT2D eigenvalue weighted by Gasteiger charge is -2.24. The summed E-state index contributed by atoms with van der Waals surface area (Å²) >= 11 is 0. The first-order valence-corrected chi connectivity index (χ1v) is 7.67. The summed E-state index contributed by atoms with van der Waals surface area (Å²) in [5.74, 6) is -2.28. The highest BCUT2D eigenvalue weighted by atomic mass is 19.4. The SMILES string of the molecule is CC(C)OCC(C)(C)COC(=O)OCCOCCOC(=O)C(F)(F)F. The molecule has 0 amide bonds. The van der Waals surface area contributed by atoms with Crippen molar-refractivity contribution in [3.05, 3.63) is 0 Å². The van der Waals surface area contributed by atoms with Crippen LogP contribution in [0, 0.1) is 5.41 Å². The van der Waals surface area contributed by atoms with Crippen LogP contribution in [-0.2, 0) is 28.5 Å². The van der Waals surface area contributed by atoms with Gasteiger partial charge in [-0.25, -0.2) is 9.59 Å². The molecule has 0 aromatic rings. The van der Waals surface area contributed by atoms with Crippen molar-refractivity contribution in [2.45, 2.75) is 40.0 Å². The Hall–Kier alpha value is -1.55. The smallest absolute Gasteiger partial charge is 0.457 e. The van der Waals surface area contributed by atoms with Crippen molar-refractivity contribution in [1.29, 1.82) is 0 Å². The Morgan fingerprint density at radius 1 is 0.880 bits per heavy atom. The third-order valence-electron chi connectivity index (χ3n) is 2.53. The molecule has 25 heavy (non-hydrogen) atoms. The Balaban J connectivity index is 3.66. The molecule has 0 radical (unpaired) electrons. The largest absolute Gasteiger partial charge is 0.508 e. The molecule has 0 aliphatic rings. The third kappa shape index (κ3) is 13.4. The van der Waals surface area contributed by atoms with Crippen LogP contribution in [0.4, 0.5) is 18.0 Å². The van der Waals surface area contributed by atoms with Gasteiger partial charge in [0, 0.05) is 5.41 Å². The Morgan fingerprint density at radius 2 is 1.44 bits per heavy atom. The minimum atomic E-state index is -5.03. The second kappa shape index (κ2) is 11.1. The Bertz CT molecular complexity index is 408. The zero-order valence-electron chi connectivity index (χ0n) is 14.8. The molecule has 0 rings (SSSR count). The summed E-state index contributed by atoms with van der Waals surface area (Å²) in [4.78, 5) is 21.8. The Labute approximate surface area is 144 Å². The molecule has 0 saturated heterocycles.